The SMILES string of the molecule is CCOC(=O)c1sc(N)c(C#N)c1CSc1nnc2n(CCC(C)C)c(=O)c3ccccc3n12. The number of nitrogens with two attached hydrogens (primary N) is 1. The lowest BCUT2D eigenvalue weighted by Crippen LogP contribution is -2.24. The number of para-hydroxylation sites is 1. The molecule has 34 heavy (non-hydrogen) atoms. The Bertz CT molecular complexity index is 1480. The van der Waals surface area contributed by atoms with Crippen LogP contribution < -0.4 is 11.3 Å². The smallest absolute Gasteiger partial charge is 0.348 e. The summed E-state index contributed by atoms with van der Waals surface area (Å²) in [6.07, 6.45) is 0.825. The number of ether oxygens (including phenoxy) is 1. The number of esters is 1. The topological polar surface area (TPSA) is 128 Å². The fourth-order valence-electron chi connectivity index (χ4n) is 3.66. The van der Waals surface area contributed by atoms with Gasteiger partial charge in [0.15, 0.2) is 5.16 Å². The minimum Gasteiger partial charge on any atom is -0.462 e. The van der Waals surface area contributed by atoms with Crippen LogP contribution in [0.5, 0.6) is 0 Å². The molecule has 3 aromatic heterocycles. The molecule has 1 aromatic carbocycles. The van der Waals surface area contributed by atoms with Crippen LogP contribution in [0.1, 0.15) is 48.0 Å². The van der Waals surface area contributed by atoms with Gasteiger partial charge in [0.05, 0.1) is 23.1 Å². The first kappa shape index (κ1) is 23.8. The predicted molar refractivity (Wildman–Crippen MR) is 133 cm³/mol. The third-order valence-electron chi connectivity index (χ3n) is 5.36. The lowest BCUT2D eigenvalue weighted by Gasteiger charge is -2.12. The van der Waals surface area contributed by atoms with Crippen LogP contribution >= 0.6 is 23.1 Å². The van der Waals surface area contributed by atoms with Gasteiger partial charge in [0.2, 0.25) is 5.78 Å². The van der Waals surface area contributed by atoms with E-state index in [1.54, 1.807) is 17.6 Å². The quantitative estimate of drug-likeness (QED) is 0.285. The van der Waals surface area contributed by atoms with E-state index in [1.165, 1.54) is 11.8 Å². The number of thioether (sulfide) groups is 1. The van der Waals surface area contributed by atoms with Gasteiger partial charge in [-0.3, -0.25) is 13.8 Å². The Labute approximate surface area is 204 Å². The van der Waals surface area contributed by atoms with E-state index in [2.05, 4.69) is 30.1 Å². The van der Waals surface area contributed by atoms with Crippen LogP contribution in [0.25, 0.3) is 16.7 Å². The van der Waals surface area contributed by atoms with Gasteiger partial charge in [-0.15, -0.1) is 21.5 Å². The van der Waals surface area contributed by atoms with Crippen molar-refractivity contribution in [3.63, 3.8) is 0 Å². The van der Waals surface area contributed by atoms with Gasteiger partial charge in [-0.05, 0) is 31.4 Å². The van der Waals surface area contributed by atoms with Gasteiger partial charge in [-0.2, -0.15) is 5.26 Å². The summed E-state index contributed by atoms with van der Waals surface area (Å²) in [5.41, 5.74) is 7.39. The van der Waals surface area contributed by atoms with Gasteiger partial charge in [0, 0.05) is 17.9 Å². The summed E-state index contributed by atoms with van der Waals surface area (Å²) in [7, 11) is 0. The summed E-state index contributed by atoms with van der Waals surface area (Å²) < 4.78 is 8.66. The number of anilines is 1. The molecule has 0 saturated heterocycles. The molecule has 0 aliphatic carbocycles. The summed E-state index contributed by atoms with van der Waals surface area (Å²) in [5.74, 6) is 0.647. The highest BCUT2D eigenvalue weighted by Crippen LogP contribution is 2.35. The van der Waals surface area contributed by atoms with Gasteiger partial charge in [-0.1, -0.05) is 37.7 Å². The van der Waals surface area contributed by atoms with E-state index >= 15 is 0 Å². The molecule has 0 aliphatic heterocycles. The van der Waals surface area contributed by atoms with Crippen molar-refractivity contribution in [2.24, 2.45) is 5.92 Å². The molecule has 4 aromatic rings. The monoisotopic (exact) mass is 496 g/mol. The molecule has 11 heteroatoms. The highest BCUT2D eigenvalue weighted by Gasteiger charge is 2.24. The third kappa shape index (κ3) is 4.26. The lowest BCUT2D eigenvalue weighted by atomic mass is 10.1. The number of aryl methyl sites for hydroxylation is 1. The first-order valence-electron chi connectivity index (χ1n) is 10.8. The number of fused-ring (bicyclic) bond motifs is 3. The number of hydrogen-bond acceptors (Lipinski definition) is 9. The Hall–Kier alpha value is -3.36. The second-order valence-electron chi connectivity index (χ2n) is 8.04. The van der Waals surface area contributed by atoms with Crippen LogP contribution in [0.2, 0.25) is 0 Å². The zero-order valence-electron chi connectivity index (χ0n) is 19.1. The van der Waals surface area contributed by atoms with Crippen molar-refractivity contribution in [2.45, 2.75) is 44.6 Å². The molecule has 0 unspecified atom stereocenters. The van der Waals surface area contributed by atoms with Gasteiger partial charge >= 0.3 is 5.97 Å². The largest absolute Gasteiger partial charge is 0.462 e. The zero-order chi connectivity index (χ0) is 24.4. The number of nitrogens with zero attached hydrogens (tertiary/aromatic N) is 5. The average molecular weight is 497 g/mol. The van der Waals surface area contributed by atoms with E-state index in [0.29, 0.717) is 44.7 Å². The Balaban J connectivity index is 1.80. The second kappa shape index (κ2) is 9.87. The maximum absolute atomic E-state index is 13.2. The lowest BCUT2D eigenvalue weighted by molar-refractivity contribution is 0.0531. The summed E-state index contributed by atoms with van der Waals surface area (Å²) in [6.45, 7) is 6.69. The van der Waals surface area contributed by atoms with Crippen molar-refractivity contribution in [2.75, 3.05) is 12.3 Å². The number of thiophene rings is 1. The number of nitriles is 1. The zero-order valence-corrected chi connectivity index (χ0v) is 20.7. The van der Waals surface area contributed by atoms with Crippen LogP contribution in [-0.4, -0.2) is 31.7 Å². The molecule has 0 radical (unpaired) electrons. The molecular formula is C23H24N6O3S2. The molecule has 0 fully saturated rings. The predicted octanol–water partition coefficient (Wildman–Crippen LogP) is 4.07. The normalized spacial score (nSPS) is 11.4. The van der Waals surface area contributed by atoms with E-state index in [-0.39, 0.29) is 28.5 Å². The van der Waals surface area contributed by atoms with E-state index in [9.17, 15) is 14.9 Å². The molecule has 0 saturated carbocycles. The molecule has 0 bridgehead atoms. The minimum absolute atomic E-state index is 0.102. The first-order chi connectivity index (χ1) is 16.4. The van der Waals surface area contributed by atoms with E-state index < -0.39 is 5.97 Å². The molecule has 2 N–H and O–H groups in total. The number of benzene rings is 1. The molecule has 0 atom stereocenters. The molecule has 9 nitrogen and oxygen atoms in total. The number of nitrogen functional groups attached to an aromatic ring is 1. The van der Waals surface area contributed by atoms with E-state index in [1.807, 2.05) is 22.6 Å². The molecule has 0 amide bonds. The standard InChI is InChI=1S/C23H24N6O3S2/c1-4-32-21(31)18-16(15(11-24)19(25)34-18)12-33-23-27-26-22-28(10-9-13(2)3)20(30)14-7-5-6-8-17(14)29(22)23/h5-8,13H,4,9-10,12,25H2,1-3H3. The highest BCUT2D eigenvalue weighted by atomic mass is 32.2. The van der Waals surface area contributed by atoms with Crippen molar-refractivity contribution in [1.29, 1.82) is 5.26 Å². The first-order valence-corrected chi connectivity index (χ1v) is 12.6. The summed E-state index contributed by atoms with van der Waals surface area (Å²) in [5, 5.41) is 19.7. The number of hydrogen-bond donors (Lipinski definition) is 1. The Morgan fingerprint density at radius 2 is 2.09 bits per heavy atom. The van der Waals surface area contributed by atoms with Crippen molar-refractivity contribution in [1.82, 2.24) is 19.2 Å². The third-order valence-corrected chi connectivity index (χ3v) is 7.36. The van der Waals surface area contributed by atoms with Crippen LogP contribution in [0, 0.1) is 17.2 Å². The molecule has 4 rings (SSSR count). The summed E-state index contributed by atoms with van der Waals surface area (Å²) in [4.78, 5) is 25.9. The average Bonchev–Trinajstić information content (AvgIpc) is 3.38. The number of carbonyl (C=O) groups is 1. The maximum atomic E-state index is 13.2. The molecule has 0 spiro atoms. The molecule has 176 valence electrons. The van der Waals surface area contributed by atoms with Crippen LogP contribution in [0.4, 0.5) is 5.00 Å². The van der Waals surface area contributed by atoms with Gasteiger partial charge in [0.1, 0.15) is 15.9 Å². The number of carbonyl (C=O) groups excluding carboxylic acids is 1. The van der Waals surface area contributed by atoms with Gasteiger partial charge < -0.3 is 10.5 Å². The molecule has 3 heterocycles. The number of aromatic nitrogens is 4. The van der Waals surface area contributed by atoms with Crippen molar-refractivity contribution >= 4 is 50.7 Å². The highest BCUT2D eigenvalue weighted by molar-refractivity contribution is 7.98. The molecular weight excluding hydrogens is 472 g/mol. The Morgan fingerprint density at radius 1 is 1.32 bits per heavy atom. The molecule has 0 aliphatic rings. The van der Waals surface area contributed by atoms with E-state index in [0.717, 1.165) is 17.8 Å². The second-order valence-corrected chi connectivity index (χ2v) is 10.0. The fraction of sp³-hybridized carbons (Fsp3) is 0.348. The Morgan fingerprint density at radius 3 is 2.79 bits per heavy atom. The van der Waals surface area contributed by atoms with Crippen molar-refractivity contribution in [3.05, 3.63) is 50.6 Å². The fourth-order valence-corrected chi connectivity index (χ4v) is 5.65. The van der Waals surface area contributed by atoms with Crippen LogP contribution in [-0.2, 0) is 17.0 Å². The van der Waals surface area contributed by atoms with Crippen molar-refractivity contribution < 1.29 is 9.53 Å². The Kier molecular flexibility index (Phi) is 6.90. The maximum Gasteiger partial charge on any atom is 0.348 e. The summed E-state index contributed by atoms with van der Waals surface area (Å²) in [6, 6.07) is 9.44. The number of rotatable bonds is 8. The van der Waals surface area contributed by atoms with E-state index in [4.69, 9.17) is 10.5 Å². The van der Waals surface area contributed by atoms with Gasteiger partial charge in [-0.25, -0.2) is 4.79 Å². The minimum atomic E-state index is -0.504. The van der Waals surface area contributed by atoms with Gasteiger partial charge in [0.25, 0.3) is 5.56 Å². The summed E-state index contributed by atoms with van der Waals surface area (Å²) >= 11 is 2.37. The van der Waals surface area contributed by atoms with Crippen molar-refractivity contribution in [3.8, 4) is 6.07 Å². The van der Waals surface area contributed by atoms with Crippen LogP contribution in [0.3, 0.4) is 0 Å². The van der Waals surface area contributed by atoms with Crippen LogP contribution in [0.15, 0.2) is 34.2 Å².